The minimum Gasteiger partial charge on any atom is -0.356 e. The molecule has 6 heteroatoms. The third kappa shape index (κ3) is 2.23. The number of hydrogen-bond donors (Lipinski definition) is 2. The van der Waals surface area contributed by atoms with Crippen molar-refractivity contribution in [1.82, 2.24) is 20.4 Å². The molecule has 0 saturated heterocycles. The summed E-state index contributed by atoms with van der Waals surface area (Å²) in [6, 6.07) is 10.1. The first-order valence-corrected chi connectivity index (χ1v) is 6.39. The van der Waals surface area contributed by atoms with Gasteiger partial charge in [-0.2, -0.15) is 5.10 Å². The van der Waals surface area contributed by atoms with Crippen LogP contribution in [0.4, 0.5) is 5.13 Å². The van der Waals surface area contributed by atoms with Gasteiger partial charge in [-0.15, -0.1) is 10.2 Å². The summed E-state index contributed by atoms with van der Waals surface area (Å²) >= 11 is 1.48. The maximum absolute atomic E-state index is 4.10. The van der Waals surface area contributed by atoms with Crippen LogP contribution >= 0.6 is 11.3 Å². The standard InChI is InChI=1S/C12H11N5S/c1-2-4-9(5-3-1)11-10(7-14-16-11)6-13-12-17-15-8-18-12/h1-5,7-8H,6H2,(H,13,17)(H,14,16). The third-order valence-corrected chi connectivity index (χ3v) is 3.22. The first-order valence-electron chi connectivity index (χ1n) is 5.51. The molecule has 2 aromatic heterocycles. The molecule has 0 aliphatic rings. The van der Waals surface area contributed by atoms with Gasteiger partial charge in [0, 0.05) is 12.1 Å². The molecular formula is C12H11N5S. The van der Waals surface area contributed by atoms with E-state index in [9.17, 15) is 0 Å². The van der Waals surface area contributed by atoms with E-state index < -0.39 is 0 Å². The third-order valence-electron chi connectivity index (χ3n) is 2.57. The van der Waals surface area contributed by atoms with E-state index in [0.717, 1.165) is 22.0 Å². The lowest BCUT2D eigenvalue weighted by atomic mass is 10.1. The Morgan fingerprint density at radius 1 is 1.22 bits per heavy atom. The average Bonchev–Trinajstić information content (AvgIpc) is 3.09. The summed E-state index contributed by atoms with van der Waals surface area (Å²) in [5.74, 6) is 0. The number of anilines is 1. The minimum absolute atomic E-state index is 0.677. The monoisotopic (exact) mass is 257 g/mol. The molecule has 1 aromatic carbocycles. The van der Waals surface area contributed by atoms with E-state index in [0.29, 0.717) is 6.54 Å². The van der Waals surface area contributed by atoms with Crippen LogP contribution in [0.15, 0.2) is 42.0 Å². The van der Waals surface area contributed by atoms with Crippen LogP contribution in [0.5, 0.6) is 0 Å². The van der Waals surface area contributed by atoms with Gasteiger partial charge in [-0.25, -0.2) is 0 Å². The van der Waals surface area contributed by atoms with Crippen LogP contribution in [0.3, 0.4) is 0 Å². The first-order chi connectivity index (χ1) is 8.93. The number of H-pyrrole nitrogens is 1. The Labute approximate surface area is 108 Å². The van der Waals surface area contributed by atoms with Crippen molar-refractivity contribution in [3.05, 3.63) is 47.6 Å². The Morgan fingerprint density at radius 2 is 2.11 bits per heavy atom. The molecule has 3 aromatic rings. The number of nitrogens with zero attached hydrogens (tertiary/aromatic N) is 3. The summed E-state index contributed by atoms with van der Waals surface area (Å²) in [7, 11) is 0. The van der Waals surface area contributed by atoms with Crippen molar-refractivity contribution in [3.63, 3.8) is 0 Å². The Kier molecular flexibility index (Phi) is 3.01. The fraction of sp³-hybridized carbons (Fsp3) is 0.0833. The van der Waals surface area contributed by atoms with E-state index in [4.69, 9.17) is 0 Å². The number of benzene rings is 1. The molecule has 0 atom stereocenters. The van der Waals surface area contributed by atoms with Crippen molar-refractivity contribution >= 4 is 16.5 Å². The maximum atomic E-state index is 4.10. The van der Waals surface area contributed by atoms with Gasteiger partial charge in [0.05, 0.1) is 11.9 Å². The van der Waals surface area contributed by atoms with Gasteiger partial charge < -0.3 is 5.32 Å². The second-order valence-electron chi connectivity index (χ2n) is 3.73. The van der Waals surface area contributed by atoms with Gasteiger partial charge in [0.15, 0.2) is 0 Å². The van der Waals surface area contributed by atoms with Crippen LogP contribution in [0, 0.1) is 0 Å². The van der Waals surface area contributed by atoms with Crippen molar-refractivity contribution in [2.24, 2.45) is 0 Å². The van der Waals surface area contributed by atoms with Gasteiger partial charge in [0.25, 0.3) is 0 Å². The number of aromatic amines is 1. The summed E-state index contributed by atoms with van der Waals surface area (Å²) in [5.41, 5.74) is 4.98. The molecule has 0 bridgehead atoms. The Morgan fingerprint density at radius 3 is 2.89 bits per heavy atom. The van der Waals surface area contributed by atoms with Gasteiger partial charge in [-0.05, 0) is 5.56 Å². The van der Waals surface area contributed by atoms with Crippen LogP contribution in [0.2, 0.25) is 0 Å². The molecule has 0 spiro atoms. The lowest BCUT2D eigenvalue weighted by Gasteiger charge is -2.03. The molecule has 2 heterocycles. The van der Waals surface area contributed by atoms with Crippen LogP contribution in [0.1, 0.15) is 5.56 Å². The second-order valence-corrected chi connectivity index (χ2v) is 4.57. The molecule has 2 N–H and O–H groups in total. The van der Waals surface area contributed by atoms with E-state index >= 15 is 0 Å². The molecule has 5 nitrogen and oxygen atoms in total. The van der Waals surface area contributed by atoms with Crippen LogP contribution in [0.25, 0.3) is 11.3 Å². The highest BCUT2D eigenvalue weighted by Gasteiger charge is 2.07. The largest absolute Gasteiger partial charge is 0.356 e. The average molecular weight is 257 g/mol. The van der Waals surface area contributed by atoms with E-state index in [1.54, 1.807) is 5.51 Å². The predicted octanol–water partition coefficient (Wildman–Crippen LogP) is 2.54. The summed E-state index contributed by atoms with van der Waals surface area (Å²) in [5, 5.41) is 18.9. The number of rotatable bonds is 4. The second kappa shape index (κ2) is 4.97. The fourth-order valence-electron chi connectivity index (χ4n) is 1.72. The van der Waals surface area contributed by atoms with Gasteiger partial charge in [0.1, 0.15) is 5.51 Å². The summed E-state index contributed by atoms with van der Waals surface area (Å²) in [6.07, 6.45) is 1.83. The highest BCUT2D eigenvalue weighted by atomic mass is 32.1. The normalized spacial score (nSPS) is 10.4. The van der Waals surface area contributed by atoms with Crippen molar-refractivity contribution in [3.8, 4) is 11.3 Å². The van der Waals surface area contributed by atoms with Crippen LogP contribution < -0.4 is 5.32 Å². The van der Waals surface area contributed by atoms with Gasteiger partial charge in [-0.1, -0.05) is 41.7 Å². The summed E-state index contributed by atoms with van der Waals surface area (Å²) in [4.78, 5) is 0. The van der Waals surface area contributed by atoms with E-state index in [1.165, 1.54) is 11.3 Å². The van der Waals surface area contributed by atoms with Crippen molar-refractivity contribution < 1.29 is 0 Å². The number of aromatic nitrogens is 4. The maximum Gasteiger partial charge on any atom is 0.205 e. The predicted molar refractivity (Wildman–Crippen MR) is 71.3 cm³/mol. The lowest BCUT2D eigenvalue weighted by Crippen LogP contribution is -1.99. The topological polar surface area (TPSA) is 66.5 Å². The number of hydrogen-bond acceptors (Lipinski definition) is 5. The SMILES string of the molecule is c1ccc(-c2[nH]ncc2CNc2nncs2)cc1. The molecule has 90 valence electrons. The zero-order chi connectivity index (χ0) is 12.2. The molecule has 0 amide bonds. The van der Waals surface area contributed by atoms with Crippen molar-refractivity contribution in [1.29, 1.82) is 0 Å². The molecule has 18 heavy (non-hydrogen) atoms. The Bertz CT molecular complexity index is 602. The Balaban J connectivity index is 1.80. The lowest BCUT2D eigenvalue weighted by molar-refractivity contribution is 1.05. The van der Waals surface area contributed by atoms with Crippen LogP contribution in [-0.2, 0) is 6.54 Å². The smallest absolute Gasteiger partial charge is 0.205 e. The van der Waals surface area contributed by atoms with E-state index in [1.807, 2.05) is 24.4 Å². The van der Waals surface area contributed by atoms with Crippen molar-refractivity contribution in [2.75, 3.05) is 5.32 Å². The van der Waals surface area contributed by atoms with E-state index in [2.05, 4.69) is 37.8 Å². The zero-order valence-electron chi connectivity index (χ0n) is 9.50. The van der Waals surface area contributed by atoms with Gasteiger partial charge in [-0.3, -0.25) is 5.10 Å². The molecule has 0 aliphatic heterocycles. The fourth-order valence-corrected chi connectivity index (χ4v) is 2.16. The summed E-state index contributed by atoms with van der Waals surface area (Å²) in [6.45, 7) is 0.677. The molecular weight excluding hydrogens is 246 g/mol. The molecule has 0 saturated carbocycles. The van der Waals surface area contributed by atoms with Gasteiger partial charge >= 0.3 is 0 Å². The van der Waals surface area contributed by atoms with E-state index in [-0.39, 0.29) is 0 Å². The quantitative estimate of drug-likeness (QED) is 0.753. The highest BCUT2D eigenvalue weighted by Crippen LogP contribution is 2.21. The molecule has 0 radical (unpaired) electrons. The van der Waals surface area contributed by atoms with Crippen molar-refractivity contribution in [2.45, 2.75) is 6.54 Å². The summed E-state index contributed by atoms with van der Waals surface area (Å²) < 4.78 is 0. The highest BCUT2D eigenvalue weighted by molar-refractivity contribution is 7.13. The number of nitrogens with one attached hydrogen (secondary N) is 2. The first kappa shape index (κ1) is 10.9. The molecule has 0 unspecified atom stereocenters. The van der Waals surface area contributed by atoms with Crippen LogP contribution in [-0.4, -0.2) is 20.4 Å². The zero-order valence-corrected chi connectivity index (χ0v) is 10.3. The molecule has 0 fully saturated rings. The van der Waals surface area contributed by atoms with Gasteiger partial charge in [0.2, 0.25) is 5.13 Å². The molecule has 0 aliphatic carbocycles. The molecule has 3 rings (SSSR count). The minimum atomic E-state index is 0.677. The Hall–Kier alpha value is -2.21.